The van der Waals surface area contributed by atoms with Gasteiger partial charge >= 0.3 is 5.97 Å². The van der Waals surface area contributed by atoms with E-state index >= 15 is 0 Å². The Hall–Kier alpha value is -4.20. The van der Waals surface area contributed by atoms with Crippen molar-refractivity contribution >= 4 is 29.3 Å². The molecule has 0 aliphatic rings. The molecule has 8 heteroatoms. The number of nitro benzene ring substituents is 1. The fourth-order valence-corrected chi connectivity index (χ4v) is 2.63. The van der Waals surface area contributed by atoms with Gasteiger partial charge in [0.25, 0.3) is 5.69 Å². The SMILES string of the molecule is Cc1ccc(-c2ccc(/C=C/C(=O)Nc3ccc(C(=O)O)cc3)o2)c([N+](=O)[O-])c1. The molecular formula is C21H16N2O6. The number of nitrogens with zero attached hydrogens (tertiary/aromatic N) is 1. The molecular weight excluding hydrogens is 376 g/mol. The smallest absolute Gasteiger partial charge is 0.335 e. The lowest BCUT2D eigenvalue weighted by molar-refractivity contribution is -0.384. The Morgan fingerprint density at radius 3 is 2.48 bits per heavy atom. The predicted molar refractivity (Wildman–Crippen MR) is 107 cm³/mol. The monoisotopic (exact) mass is 392 g/mol. The summed E-state index contributed by atoms with van der Waals surface area (Å²) >= 11 is 0. The molecule has 2 N–H and O–H groups in total. The average Bonchev–Trinajstić information content (AvgIpc) is 3.15. The summed E-state index contributed by atoms with van der Waals surface area (Å²) in [5.74, 6) is -0.815. The molecule has 0 fully saturated rings. The van der Waals surface area contributed by atoms with E-state index < -0.39 is 16.8 Å². The molecule has 1 heterocycles. The average molecular weight is 392 g/mol. The van der Waals surface area contributed by atoms with E-state index in [1.807, 2.05) is 0 Å². The van der Waals surface area contributed by atoms with E-state index in [0.717, 1.165) is 5.56 Å². The van der Waals surface area contributed by atoms with Crippen LogP contribution in [0.2, 0.25) is 0 Å². The molecule has 1 aromatic heterocycles. The van der Waals surface area contributed by atoms with Gasteiger partial charge in [-0.1, -0.05) is 6.07 Å². The van der Waals surface area contributed by atoms with E-state index in [0.29, 0.717) is 22.8 Å². The second-order valence-electron chi connectivity index (χ2n) is 6.18. The van der Waals surface area contributed by atoms with Gasteiger partial charge in [-0.25, -0.2) is 4.79 Å². The Balaban J connectivity index is 1.71. The molecule has 1 amide bonds. The summed E-state index contributed by atoms with van der Waals surface area (Å²) in [4.78, 5) is 33.6. The van der Waals surface area contributed by atoms with Crippen LogP contribution >= 0.6 is 0 Å². The first kappa shape index (κ1) is 19.6. The van der Waals surface area contributed by atoms with Crippen LogP contribution in [0.15, 0.2) is 65.1 Å². The zero-order chi connectivity index (χ0) is 21.0. The molecule has 29 heavy (non-hydrogen) atoms. The Labute approximate surface area is 165 Å². The van der Waals surface area contributed by atoms with Crippen molar-refractivity contribution in [2.24, 2.45) is 0 Å². The van der Waals surface area contributed by atoms with E-state index in [1.54, 1.807) is 31.2 Å². The number of nitro groups is 1. The summed E-state index contributed by atoms with van der Waals surface area (Å²) < 4.78 is 5.61. The van der Waals surface area contributed by atoms with Crippen LogP contribution in [0.3, 0.4) is 0 Å². The fraction of sp³-hybridized carbons (Fsp3) is 0.0476. The summed E-state index contributed by atoms with van der Waals surface area (Å²) in [6, 6.07) is 13.8. The quantitative estimate of drug-likeness (QED) is 0.361. The van der Waals surface area contributed by atoms with Crippen molar-refractivity contribution in [2.45, 2.75) is 6.92 Å². The van der Waals surface area contributed by atoms with Crippen LogP contribution in [-0.4, -0.2) is 21.9 Å². The van der Waals surface area contributed by atoms with Gasteiger partial charge in [-0.3, -0.25) is 14.9 Å². The number of nitrogens with one attached hydrogen (secondary N) is 1. The van der Waals surface area contributed by atoms with E-state index in [4.69, 9.17) is 9.52 Å². The van der Waals surface area contributed by atoms with Crippen molar-refractivity contribution in [3.8, 4) is 11.3 Å². The third kappa shape index (κ3) is 4.75. The third-order valence-electron chi connectivity index (χ3n) is 4.04. The van der Waals surface area contributed by atoms with Crippen molar-refractivity contribution in [3.63, 3.8) is 0 Å². The number of hydrogen-bond acceptors (Lipinski definition) is 5. The number of anilines is 1. The Morgan fingerprint density at radius 2 is 1.83 bits per heavy atom. The Kier molecular flexibility index (Phi) is 5.54. The molecule has 3 rings (SSSR count). The van der Waals surface area contributed by atoms with Gasteiger partial charge in [0.2, 0.25) is 5.91 Å². The van der Waals surface area contributed by atoms with Gasteiger partial charge in [0.1, 0.15) is 11.5 Å². The number of carboxylic acid groups (broad SMARTS) is 1. The van der Waals surface area contributed by atoms with Crippen molar-refractivity contribution in [3.05, 3.63) is 87.7 Å². The number of benzene rings is 2. The van der Waals surface area contributed by atoms with Gasteiger partial charge in [-0.05, 0) is 61.0 Å². The lowest BCUT2D eigenvalue weighted by atomic mass is 10.1. The second-order valence-corrected chi connectivity index (χ2v) is 6.18. The minimum absolute atomic E-state index is 0.0579. The second kappa shape index (κ2) is 8.22. The number of hydrogen-bond donors (Lipinski definition) is 2. The Morgan fingerprint density at radius 1 is 1.10 bits per heavy atom. The summed E-state index contributed by atoms with van der Waals surface area (Å²) in [7, 11) is 0. The molecule has 0 saturated heterocycles. The van der Waals surface area contributed by atoms with Crippen LogP contribution in [-0.2, 0) is 4.79 Å². The number of amides is 1. The molecule has 0 aliphatic heterocycles. The maximum Gasteiger partial charge on any atom is 0.335 e. The normalized spacial score (nSPS) is 10.8. The highest BCUT2D eigenvalue weighted by Crippen LogP contribution is 2.32. The maximum atomic E-state index is 12.0. The fourth-order valence-electron chi connectivity index (χ4n) is 2.63. The lowest BCUT2D eigenvalue weighted by Crippen LogP contribution is -2.07. The molecule has 2 aromatic carbocycles. The largest absolute Gasteiger partial charge is 0.478 e. The first-order valence-electron chi connectivity index (χ1n) is 8.51. The van der Waals surface area contributed by atoms with Gasteiger partial charge in [-0.2, -0.15) is 0 Å². The van der Waals surface area contributed by atoms with Crippen molar-refractivity contribution in [1.29, 1.82) is 0 Å². The molecule has 0 unspecified atom stereocenters. The molecule has 0 radical (unpaired) electrons. The number of carboxylic acids is 1. The van der Waals surface area contributed by atoms with Gasteiger partial charge < -0.3 is 14.8 Å². The summed E-state index contributed by atoms with van der Waals surface area (Å²) in [6.45, 7) is 1.76. The van der Waals surface area contributed by atoms with Gasteiger partial charge in [-0.15, -0.1) is 0 Å². The number of carbonyl (C=O) groups excluding carboxylic acids is 1. The van der Waals surface area contributed by atoms with Crippen molar-refractivity contribution < 1.29 is 24.0 Å². The first-order valence-corrected chi connectivity index (χ1v) is 8.51. The predicted octanol–water partition coefficient (Wildman–Crippen LogP) is 4.51. The highest BCUT2D eigenvalue weighted by atomic mass is 16.6. The molecule has 0 saturated carbocycles. The minimum Gasteiger partial charge on any atom is -0.478 e. The van der Waals surface area contributed by atoms with Gasteiger partial charge in [0.05, 0.1) is 16.1 Å². The van der Waals surface area contributed by atoms with E-state index in [-0.39, 0.29) is 11.3 Å². The van der Waals surface area contributed by atoms with Crippen molar-refractivity contribution in [1.82, 2.24) is 0 Å². The molecule has 3 aromatic rings. The third-order valence-corrected chi connectivity index (χ3v) is 4.04. The van der Waals surface area contributed by atoms with Crippen molar-refractivity contribution in [2.75, 3.05) is 5.32 Å². The number of aromatic carboxylic acids is 1. The molecule has 8 nitrogen and oxygen atoms in total. The zero-order valence-corrected chi connectivity index (χ0v) is 15.3. The van der Waals surface area contributed by atoms with Crippen LogP contribution in [0.25, 0.3) is 17.4 Å². The number of carbonyl (C=O) groups is 2. The van der Waals surface area contributed by atoms with Gasteiger partial charge in [0.15, 0.2) is 0 Å². The lowest BCUT2D eigenvalue weighted by Gasteiger charge is -2.02. The van der Waals surface area contributed by atoms with Gasteiger partial charge in [0, 0.05) is 17.8 Å². The van der Waals surface area contributed by atoms with Crippen LogP contribution in [0.5, 0.6) is 0 Å². The summed E-state index contributed by atoms with van der Waals surface area (Å²) in [5.41, 5.74) is 1.62. The van der Waals surface area contributed by atoms with E-state index in [2.05, 4.69) is 5.32 Å². The van der Waals surface area contributed by atoms with Crippen LogP contribution in [0.4, 0.5) is 11.4 Å². The highest BCUT2D eigenvalue weighted by molar-refractivity contribution is 6.02. The van der Waals surface area contributed by atoms with Crippen LogP contribution < -0.4 is 5.32 Å². The molecule has 146 valence electrons. The summed E-state index contributed by atoms with van der Waals surface area (Å²) in [6.07, 6.45) is 2.68. The molecule has 0 spiro atoms. The number of furan rings is 1. The van der Waals surface area contributed by atoms with E-state index in [1.165, 1.54) is 42.5 Å². The molecule has 0 bridgehead atoms. The van der Waals surface area contributed by atoms with E-state index in [9.17, 15) is 19.7 Å². The standard InChI is InChI=1S/C21H16N2O6/c1-13-2-9-17(18(12-13)23(27)28)19-10-7-16(29-19)8-11-20(24)22-15-5-3-14(4-6-15)21(25)26/h2-12H,1H3,(H,22,24)(H,25,26)/b11-8+. The number of rotatable bonds is 6. The topological polar surface area (TPSA) is 123 Å². The Bertz CT molecular complexity index is 1110. The molecule has 0 aliphatic carbocycles. The summed E-state index contributed by atoms with van der Waals surface area (Å²) in [5, 5.41) is 22.7. The maximum absolute atomic E-state index is 12.0. The van der Waals surface area contributed by atoms with Crippen LogP contribution in [0, 0.1) is 17.0 Å². The highest BCUT2D eigenvalue weighted by Gasteiger charge is 2.18. The number of aryl methyl sites for hydroxylation is 1. The first-order chi connectivity index (χ1) is 13.8. The minimum atomic E-state index is -1.05. The van der Waals surface area contributed by atoms with Crippen LogP contribution in [0.1, 0.15) is 21.7 Å². The molecule has 0 atom stereocenters. The zero-order valence-electron chi connectivity index (χ0n) is 15.3.